The minimum atomic E-state index is 0.578. The maximum absolute atomic E-state index is 2.26. The fraction of sp³-hybridized carbons (Fsp3) is 0.143. The lowest BCUT2D eigenvalue weighted by atomic mass is 9.98. The largest absolute Gasteiger partial charge is 0.135 e. The smallest absolute Gasteiger partial charge is 0.0433 e. The van der Waals surface area contributed by atoms with E-state index in [4.69, 9.17) is 0 Å². The summed E-state index contributed by atoms with van der Waals surface area (Å²) in [6, 6.07) is 24.4. The van der Waals surface area contributed by atoms with Crippen LogP contribution in [0.3, 0.4) is 0 Å². The molecule has 3 aromatic carbocycles. The molecule has 0 fully saturated rings. The van der Waals surface area contributed by atoms with Crippen LogP contribution in [0.4, 0.5) is 0 Å². The first-order chi connectivity index (χ1) is 10.7. The molecule has 108 valence electrons. The lowest BCUT2D eigenvalue weighted by Gasteiger charge is -2.08. The summed E-state index contributed by atoms with van der Waals surface area (Å²) in [5.74, 6) is 0.578. The van der Waals surface area contributed by atoms with Gasteiger partial charge < -0.3 is 0 Å². The van der Waals surface area contributed by atoms with E-state index in [2.05, 4.69) is 80.6 Å². The second kappa shape index (κ2) is 5.26. The maximum Gasteiger partial charge on any atom is 0.0433 e. The topological polar surface area (TPSA) is 0 Å². The second-order valence-electron chi connectivity index (χ2n) is 6.06. The van der Waals surface area contributed by atoms with Crippen LogP contribution in [0.2, 0.25) is 0 Å². The lowest BCUT2D eigenvalue weighted by molar-refractivity contribution is 0.867. The molecule has 0 spiro atoms. The van der Waals surface area contributed by atoms with Crippen molar-refractivity contribution < 1.29 is 0 Å². The van der Waals surface area contributed by atoms with Gasteiger partial charge in [-0.25, -0.2) is 0 Å². The van der Waals surface area contributed by atoms with Gasteiger partial charge in [0.15, 0.2) is 0 Å². The molecule has 0 amide bonds. The van der Waals surface area contributed by atoms with Crippen molar-refractivity contribution in [3.63, 3.8) is 0 Å². The van der Waals surface area contributed by atoms with Crippen molar-refractivity contribution in [2.75, 3.05) is 0 Å². The van der Waals surface area contributed by atoms with Crippen molar-refractivity contribution in [1.29, 1.82) is 0 Å². The molecule has 0 aliphatic rings. The van der Waals surface area contributed by atoms with Crippen LogP contribution < -0.4 is 0 Å². The molecule has 1 heteroatoms. The van der Waals surface area contributed by atoms with Crippen molar-refractivity contribution in [3.8, 4) is 11.1 Å². The van der Waals surface area contributed by atoms with E-state index in [9.17, 15) is 0 Å². The van der Waals surface area contributed by atoms with Crippen LogP contribution in [0.15, 0.2) is 66.7 Å². The third-order valence-corrected chi connectivity index (χ3v) is 5.51. The molecular formula is C21H18S. The third-order valence-electron chi connectivity index (χ3n) is 4.29. The summed E-state index contributed by atoms with van der Waals surface area (Å²) in [7, 11) is 0. The highest BCUT2D eigenvalue weighted by Crippen LogP contribution is 2.39. The monoisotopic (exact) mass is 302 g/mol. The highest BCUT2D eigenvalue weighted by molar-refractivity contribution is 7.26. The molecule has 4 aromatic rings. The molecule has 1 heterocycles. The minimum absolute atomic E-state index is 0.578. The number of benzene rings is 3. The standard InChI is InChI=1S/C21H18S/c1-14(2)15-10-12-16(13-11-15)17-7-5-8-19-18-6-3-4-9-20(18)22-21(17)19/h3-14H,1-2H3. The van der Waals surface area contributed by atoms with Crippen LogP contribution in [0.5, 0.6) is 0 Å². The molecule has 0 atom stereocenters. The van der Waals surface area contributed by atoms with Crippen molar-refractivity contribution in [2.45, 2.75) is 19.8 Å². The summed E-state index contributed by atoms with van der Waals surface area (Å²) in [5, 5.41) is 2.73. The summed E-state index contributed by atoms with van der Waals surface area (Å²) in [6.07, 6.45) is 0. The zero-order valence-electron chi connectivity index (χ0n) is 12.8. The number of hydrogen-bond acceptors (Lipinski definition) is 1. The predicted molar refractivity (Wildman–Crippen MR) is 98.9 cm³/mol. The first-order valence-corrected chi connectivity index (χ1v) is 8.56. The Morgan fingerprint density at radius 1 is 0.727 bits per heavy atom. The summed E-state index contributed by atoms with van der Waals surface area (Å²) in [6.45, 7) is 4.48. The number of thiophene rings is 1. The van der Waals surface area contributed by atoms with E-state index in [1.54, 1.807) is 0 Å². The Kier molecular flexibility index (Phi) is 3.24. The van der Waals surface area contributed by atoms with Crippen molar-refractivity contribution >= 4 is 31.5 Å². The van der Waals surface area contributed by atoms with Gasteiger partial charge >= 0.3 is 0 Å². The van der Waals surface area contributed by atoms with Crippen molar-refractivity contribution in [3.05, 3.63) is 72.3 Å². The zero-order chi connectivity index (χ0) is 15.1. The Morgan fingerprint density at radius 3 is 2.23 bits per heavy atom. The average molecular weight is 302 g/mol. The average Bonchev–Trinajstić information content (AvgIpc) is 2.93. The molecule has 22 heavy (non-hydrogen) atoms. The highest BCUT2D eigenvalue weighted by atomic mass is 32.1. The summed E-state index contributed by atoms with van der Waals surface area (Å²) in [4.78, 5) is 0. The van der Waals surface area contributed by atoms with Gasteiger partial charge in [0.05, 0.1) is 0 Å². The van der Waals surface area contributed by atoms with E-state index < -0.39 is 0 Å². The molecule has 0 bridgehead atoms. The third kappa shape index (κ3) is 2.13. The number of rotatable bonds is 2. The fourth-order valence-corrected chi connectivity index (χ4v) is 4.26. The van der Waals surface area contributed by atoms with Crippen LogP contribution in [-0.4, -0.2) is 0 Å². The van der Waals surface area contributed by atoms with Crippen LogP contribution in [0.1, 0.15) is 25.3 Å². The van der Waals surface area contributed by atoms with Crippen LogP contribution in [-0.2, 0) is 0 Å². The highest BCUT2D eigenvalue weighted by Gasteiger charge is 2.10. The molecule has 0 unspecified atom stereocenters. The van der Waals surface area contributed by atoms with E-state index in [0.29, 0.717) is 5.92 Å². The number of fused-ring (bicyclic) bond motifs is 3. The van der Waals surface area contributed by atoms with Crippen molar-refractivity contribution in [1.82, 2.24) is 0 Å². The van der Waals surface area contributed by atoms with Crippen LogP contribution in [0.25, 0.3) is 31.3 Å². The molecule has 0 saturated carbocycles. The van der Waals surface area contributed by atoms with Gasteiger partial charge in [0.25, 0.3) is 0 Å². The Morgan fingerprint density at radius 2 is 1.45 bits per heavy atom. The summed E-state index contributed by atoms with van der Waals surface area (Å²) in [5.41, 5.74) is 4.04. The zero-order valence-corrected chi connectivity index (χ0v) is 13.7. The van der Waals surface area contributed by atoms with E-state index in [1.165, 1.54) is 36.9 Å². The molecule has 0 saturated heterocycles. The lowest BCUT2D eigenvalue weighted by Crippen LogP contribution is -1.86. The first kappa shape index (κ1) is 13.5. The van der Waals surface area contributed by atoms with Gasteiger partial charge in [0, 0.05) is 20.2 Å². The van der Waals surface area contributed by atoms with Gasteiger partial charge in [-0.05, 0) is 28.7 Å². The molecule has 0 nitrogen and oxygen atoms in total. The van der Waals surface area contributed by atoms with E-state index in [1.807, 2.05) is 11.3 Å². The normalized spacial score (nSPS) is 11.6. The van der Waals surface area contributed by atoms with E-state index >= 15 is 0 Å². The molecule has 1 aromatic heterocycles. The SMILES string of the molecule is CC(C)c1ccc(-c2cccc3c2sc2ccccc23)cc1. The Bertz CT molecular complexity index is 943. The Labute approximate surface area is 135 Å². The van der Waals surface area contributed by atoms with E-state index in [0.717, 1.165) is 0 Å². The molecule has 0 radical (unpaired) electrons. The quantitative estimate of drug-likeness (QED) is 0.380. The predicted octanol–water partition coefficient (Wildman–Crippen LogP) is 6.84. The second-order valence-corrected chi connectivity index (χ2v) is 7.11. The Hall–Kier alpha value is -2.12. The van der Waals surface area contributed by atoms with Gasteiger partial charge in [0.1, 0.15) is 0 Å². The van der Waals surface area contributed by atoms with Gasteiger partial charge in [-0.2, -0.15) is 0 Å². The molecule has 0 aliphatic heterocycles. The first-order valence-electron chi connectivity index (χ1n) is 7.74. The number of hydrogen-bond donors (Lipinski definition) is 0. The van der Waals surface area contributed by atoms with Crippen LogP contribution in [0, 0.1) is 0 Å². The van der Waals surface area contributed by atoms with E-state index in [-0.39, 0.29) is 0 Å². The van der Waals surface area contributed by atoms with Gasteiger partial charge in [-0.15, -0.1) is 11.3 Å². The van der Waals surface area contributed by atoms with Crippen molar-refractivity contribution in [2.24, 2.45) is 0 Å². The van der Waals surface area contributed by atoms with Gasteiger partial charge in [0.2, 0.25) is 0 Å². The molecule has 4 rings (SSSR count). The fourth-order valence-electron chi connectivity index (χ4n) is 3.02. The summed E-state index contributed by atoms with van der Waals surface area (Å²) < 4.78 is 2.75. The van der Waals surface area contributed by atoms with Crippen LogP contribution >= 0.6 is 11.3 Å². The minimum Gasteiger partial charge on any atom is -0.135 e. The van der Waals surface area contributed by atoms with Gasteiger partial charge in [-0.3, -0.25) is 0 Å². The maximum atomic E-state index is 2.26. The molecular weight excluding hydrogens is 284 g/mol. The molecule has 0 N–H and O–H groups in total. The van der Waals surface area contributed by atoms with Gasteiger partial charge in [-0.1, -0.05) is 74.5 Å². The summed E-state index contributed by atoms with van der Waals surface area (Å²) >= 11 is 1.89. The molecule has 0 aliphatic carbocycles. The Balaban J connectivity index is 1.94.